The van der Waals surface area contributed by atoms with Crippen LogP contribution >= 0.6 is 0 Å². The molecule has 0 bridgehead atoms. The summed E-state index contributed by atoms with van der Waals surface area (Å²) in [5, 5.41) is 2.97. The molecule has 0 heterocycles. The lowest BCUT2D eigenvalue weighted by atomic mass is 10.1. The summed E-state index contributed by atoms with van der Waals surface area (Å²) in [6.07, 6.45) is 5.75. The highest BCUT2D eigenvalue weighted by atomic mass is 16.1. The summed E-state index contributed by atoms with van der Waals surface area (Å²) >= 11 is 0. The molecule has 0 aromatic carbocycles. The van der Waals surface area contributed by atoms with Crippen molar-refractivity contribution in [2.75, 3.05) is 7.05 Å². The van der Waals surface area contributed by atoms with Gasteiger partial charge >= 0.3 is 0 Å². The van der Waals surface area contributed by atoms with Gasteiger partial charge in [-0.3, -0.25) is 4.79 Å². The Morgan fingerprint density at radius 3 is 2.46 bits per heavy atom. The fourth-order valence-electron chi connectivity index (χ4n) is 0.777. The molecule has 72 valence electrons. The maximum absolute atomic E-state index is 11.3. The number of rotatable bonds is 5. The zero-order valence-electron chi connectivity index (χ0n) is 8.55. The molecule has 0 fully saturated rings. The van der Waals surface area contributed by atoms with Crippen molar-refractivity contribution in [2.24, 2.45) is 0 Å². The molecular formula is C11H17NO. The van der Waals surface area contributed by atoms with Crippen LogP contribution in [0.3, 0.4) is 0 Å². The molecule has 2 nitrogen and oxygen atoms in total. The number of carbonyl (C=O) groups excluding carboxylic acids is 1. The molecule has 0 aromatic rings. The zero-order valence-corrected chi connectivity index (χ0v) is 8.55. The van der Waals surface area contributed by atoms with Crippen LogP contribution < -0.4 is 5.32 Å². The van der Waals surface area contributed by atoms with Crippen molar-refractivity contribution in [1.29, 1.82) is 0 Å². The normalized spacial score (nSPS) is 12.5. The van der Waals surface area contributed by atoms with Gasteiger partial charge in [-0.15, -0.1) is 0 Å². The summed E-state index contributed by atoms with van der Waals surface area (Å²) in [5.74, 6) is 0.121. The summed E-state index contributed by atoms with van der Waals surface area (Å²) in [6.45, 7) is 7.37. The van der Waals surface area contributed by atoms with E-state index < -0.39 is 0 Å². The third-order valence-corrected chi connectivity index (χ3v) is 1.77. The molecule has 0 aliphatic heterocycles. The number of allylic oxidation sites excluding steroid dienone is 5. The molecule has 0 saturated heterocycles. The minimum atomic E-state index is 0.121. The topological polar surface area (TPSA) is 29.1 Å². The van der Waals surface area contributed by atoms with Crippen LogP contribution in [0.2, 0.25) is 0 Å². The lowest BCUT2D eigenvalue weighted by Gasteiger charge is -1.98. The van der Waals surface area contributed by atoms with E-state index in [2.05, 4.69) is 11.9 Å². The molecule has 0 aliphatic rings. The van der Waals surface area contributed by atoms with E-state index in [1.54, 1.807) is 12.2 Å². The van der Waals surface area contributed by atoms with E-state index in [0.717, 1.165) is 5.70 Å². The van der Waals surface area contributed by atoms with Gasteiger partial charge in [-0.05, 0) is 19.1 Å². The number of hydrogen-bond acceptors (Lipinski definition) is 2. The quantitative estimate of drug-likeness (QED) is 0.518. The summed E-state index contributed by atoms with van der Waals surface area (Å²) < 4.78 is 0. The first-order valence-corrected chi connectivity index (χ1v) is 4.37. The van der Waals surface area contributed by atoms with Crippen molar-refractivity contribution >= 4 is 5.78 Å². The monoisotopic (exact) mass is 179 g/mol. The highest BCUT2D eigenvalue weighted by molar-refractivity contribution is 5.97. The first kappa shape index (κ1) is 11.7. The molecule has 0 amide bonds. The third kappa shape index (κ3) is 4.31. The number of nitrogens with one attached hydrogen (secondary N) is 1. The molecule has 0 rings (SSSR count). The van der Waals surface area contributed by atoms with E-state index in [1.807, 2.05) is 27.0 Å². The van der Waals surface area contributed by atoms with Crippen LogP contribution in [0.5, 0.6) is 0 Å². The Morgan fingerprint density at radius 1 is 1.46 bits per heavy atom. The predicted molar refractivity (Wildman–Crippen MR) is 56.4 cm³/mol. The van der Waals surface area contributed by atoms with Crippen LogP contribution in [0.1, 0.15) is 20.3 Å². The van der Waals surface area contributed by atoms with Crippen LogP contribution in [-0.4, -0.2) is 12.8 Å². The Kier molecular flexibility index (Phi) is 5.60. The molecule has 0 spiro atoms. The Morgan fingerprint density at radius 2 is 2.08 bits per heavy atom. The van der Waals surface area contributed by atoms with Gasteiger partial charge in [0.15, 0.2) is 5.78 Å². The van der Waals surface area contributed by atoms with Crippen LogP contribution in [0.15, 0.2) is 36.1 Å². The number of Topliss-reactive ketones (excluding diaryl/α,β-unsaturated/α-hetero) is 1. The van der Waals surface area contributed by atoms with Crippen molar-refractivity contribution in [3.63, 3.8) is 0 Å². The van der Waals surface area contributed by atoms with Crippen LogP contribution in [0.4, 0.5) is 0 Å². The Labute approximate surface area is 80.0 Å². The first-order valence-electron chi connectivity index (χ1n) is 4.37. The van der Waals surface area contributed by atoms with Crippen LogP contribution in [-0.2, 0) is 4.79 Å². The van der Waals surface area contributed by atoms with Gasteiger partial charge in [0.25, 0.3) is 0 Å². The molecule has 0 aliphatic carbocycles. The van der Waals surface area contributed by atoms with E-state index in [1.165, 1.54) is 0 Å². The van der Waals surface area contributed by atoms with Gasteiger partial charge < -0.3 is 5.32 Å². The number of carbonyl (C=O) groups is 1. The zero-order chi connectivity index (χ0) is 10.3. The average molecular weight is 179 g/mol. The first-order chi connectivity index (χ1) is 6.15. The molecular weight excluding hydrogens is 162 g/mol. The second-order valence-corrected chi connectivity index (χ2v) is 2.70. The van der Waals surface area contributed by atoms with Crippen molar-refractivity contribution in [3.05, 3.63) is 36.1 Å². The molecule has 0 saturated carbocycles. The smallest absolute Gasteiger partial charge is 0.162 e. The number of hydrogen-bond donors (Lipinski definition) is 1. The maximum atomic E-state index is 11.3. The maximum Gasteiger partial charge on any atom is 0.162 e. The summed E-state index contributed by atoms with van der Waals surface area (Å²) in [5.41, 5.74) is 1.68. The Hall–Kier alpha value is -1.31. The molecule has 0 radical (unpaired) electrons. The van der Waals surface area contributed by atoms with E-state index in [4.69, 9.17) is 0 Å². The van der Waals surface area contributed by atoms with Gasteiger partial charge in [0.05, 0.1) is 0 Å². The third-order valence-electron chi connectivity index (χ3n) is 1.77. The fraction of sp³-hybridized carbons (Fsp3) is 0.364. The average Bonchev–Trinajstić information content (AvgIpc) is 2.17. The summed E-state index contributed by atoms with van der Waals surface area (Å²) in [7, 11) is 1.84. The standard InChI is InChI=1S/C11H17NO/c1-5-10(11(13)6-2)8-7-9(3)12-4/h5,7-8,12H,1,6H2,2-4H3/b9-7+,10-8+. The lowest BCUT2D eigenvalue weighted by molar-refractivity contribution is -0.114. The second-order valence-electron chi connectivity index (χ2n) is 2.70. The Bertz CT molecular complexity index is 249. The minimum Gasteiger partial charge on any atom is -0.392 e. The molecule has 1 N–H and O–H groups in total. The van der Waals surface area contributed by atoms with E-state index in [0.29, 0.717) is 12.0 Å². The largest absolute Gasteiger partial charge is 0.392 e. The predicted octanol–water partition coefficient (Wildman–Crippen LogP) is 2.20. The van der Waals surface area contributed by atoms with Gasteiger partial charge in [0.2, 0.25) is 0 Å². The second kappa shape index (κ2) is 6.23. The van der Waals surface area contributed by atoms with Gasteiger partial charge in [0.1, 0.15) is 0 Å². The van der Waals surface area contributed by atoms with Gasteiger partial charge in [-0.25, -0.2) is 0 Å². The lowest BCUT2D eigenvalue weighted by Crippen LogP contribution is -2.01. The Balaban J connectivity index is 4.58. The van der Waals surface area contributed by atoms with E-state index in [9.17, 15) is 4.79 Å². The molecule has 0 atom stereocenters. The SMILES string of the molecule is C=C/C(=C\C=C(/C)NC)C(=O)CC. The van der Waals surface area contributed by atoms with Gasteiger partial charge in [0, 0.05) is 24.7 Å². The van der Waals surface area contributed by atoms with Crippen molar-refractivity contribution in [3.8, 4) is 0 Å². The summed E-state index contributed by atoms with van der Waals surface area (Å²) in [6, 6.07) is 0. The van der Waals surface area contributed by atoms with Crippen molar-refractivity contribution in [1.82, 2.24) is 5.32 Å². The van der Waals surface area contributed by atoms with Crippen LogP contribution in [0.25, 0.3) is 0 Å². The van der Waals surface area contributed by atoms with E-state index in [-0.39, 0.29) is 5.78 Å². The number of ketones is 1. The van der Waals surface area contributed by atoms with Crippen LogP contribution in [0, 0.1) is 0 Å². The molecule has 0 unspecified atom stereocenters. The van der Waals surface area contributed by atoms with Crippen molar-refractivity contribution < 1.29 is 4.79 Å². The highest BCUT2D eigenvalue weighted by Crippen LogP contribution is 2.02. The molecule has 2 heteroatoms. The fourth-order valence-corrected chi connectivity index (χ4v) is 0.777. The molecule has 13 heavy (non-hydrogen) atoms. The van der Waals surface area contributed by atoms with E-state index >= 15 is 0 Å². The van der Waals surface area contributed by atoms with Crippen molar-refractivity contribution in [2.45, 2.75) is 20.3 Å². The minimum absolute atomic E-state index is 0.121. The summed E-state index contributed by atoms with van der Waals surface area (Å²) in [4.78, 5) is 11.3. The molecule has 0 aromatic heterocycles. The highest BCUT2D eigenvalue weighted by Gasteiger charge is 2.00. The van der Waals surface area contributed by atoms with Gasteiger partial charge in [-0.1, -0.05) is 19.6 Å². The van der Waals surface area contributed by atoms with Gasteiger partial charge in [-0.2, -0.15) is 0 Å².